The average Bonchev–Trinajstić information content (AvgIpc) is 3.58. The number of fused-ring (bicyclic) bond motifs is 1. The van der Waals surface area contributed by atoms with Gasteiger partial charge in [-0.05, 0) is 39.0 Å². The fourth-order valence-corrected chi connectivity index (χ4v) is 4.68. The molecule has 172 valence electrons. The summed E-state index contributed by atoms with van der Waals surface area (Å²) in [7, 11) is 0. The highest BCUT2D eigenvalue weighted by Crippen LogP contribution is 2.34. The molecule has 5 aromatic rings. The lowest BCUT2D eigenvalue weighted by Crippen LogP contribution is -2.44. The molecule has 0 bridgehead atoms. The molecule has 6 rings (SSSR count). The van der Waals surface area contributed by atoms with Crippen LogP contribution in [0, 0.1) is 13.8 Å². The Balaban J connectivity index is 1.60. The molecule has 6 heterocycles. The first kappa shape index (κ1) is 20.5. The van der Waals surface area contributed by atoms with Crippen molar-refractivity contribution < 1.29 is 4.74 Å². The predicted molar refractivity (Wildman–Crippen MR) is 128 cm³/mol. The number of rotatable bonds is 4. The Morgan fingerprint density at radius 2 is 2.06 bits per heavy atom. The van der Waals surface area contributed by atoms with Gasteiger partial charge in [-0.25, -0.2) is 14.2 Å². The van der Waals surface area contributed by atoms with Gasteiger partial charge in [-0.15, -0.1) is 0 Å². The van der Waals surface area contributed by atoms with E-state index in [4.69, 9.17) is 19.9 Å². The van der Waals surface area contributed by atoms with Gasteiger partial charge in [0.15, 0.2) is 5.65 Å². The van der Waals surface area contributed by atoms with Crippen LogP contribution in [0.25, 0.3) is 33.8 Å². The van der Waals surface area contributed by atoms with Crippen LogP contribution >= 0.6 is 0 Å². The molecule has 1 N–H and O–H groups in total. The normalized spacial score (nSPS) is 16.4. The number of aromatic nitrogens is 8. The third-order valence-electron chi connectivity index (χ3n) is 6.35. The van der Waals surface area contributed by atoms with Crippen molar-refractivity contribution >= 4 is 11.5 Å². The van der Waals surface area contributed by atoms with Crippen LogP contribution in [0.2, 0.25) is 0 Å². The fourth-order valence-electron chi connectivity index (χ4n) is 4.68. The number of H-pyrrole nitrogens is 1. The van der Waals surface area contributed by atoms with Crippen molar-refractivity contribution in [3.8, 4) is 28.2 Å². The van der Waals surface area contributed by atoms with Crippen molar-refractivity contribution in [3.63, 3.8) is 0 Å². The molecule has 0 unspecified atom stereocenters. The van der Waals surface area contributed by atoms with E-state index in [1.165, 1.54) is 0 Å². The molecule has 0 radical (unpaired) electrons. The maximum atomic E-state index is 5.67. The van der Waals surface area contributed by atoms with Gasteiger partial charge in [-0.1, -0.05) is 0 Å². The second-order valence-corrected chi connectivity index (χ2v) is 8.55. The fraction of sp³-hybridized carbons (Fsp3) is 0.292. The number of morpholine rings is 1. The van der Waals surface area contributed by atoms with Crippen LogP contribution in [0.1, 0.15) is 18.3 Å². The molecule has 10 nitrogen and oxygen atoms in total. The van der Waals surface area contributed by atoms with Gasteiger partial charge in [0, 0.05) is 30.6 Å². The molecule has 0 spiro atoms. The van der Waals surface area contributed by atoms with Gasteiger partial charge in [0.05, 0.1) is 65.7 Å². The lowest BCUT2D eigenvalue weighted by atomic mass is 10.1. The summed E-state index contributed by atoms with van der Waals surface area (Å²) in [4.78, 5) is 11.6. The minimum Gasteiger partial charge on any atom is -0.377 e. The molecule has 1 aliphatic rings. The standard InChI is InChI=1S/C24H25N9O/c1-15-14-34-10-9-31(15)22-11-21(33-24(28-22)19(13-27-33)20-6-8-26-29-20)23-16(2)30-32(17(23)3)18-5-4-7-25-12-18/h4-8,11-13,15H,9-10,14H2,1-3H3,(H,26,29)/t15-/m1/s1. The van der Waals surface area contributed by atoms with Gasteiger partial charge in [-0.3, -0.25) is 10.1 Å². The van der Waals surface area contributed by atoms with Crippen molar-refractivity contribution in [2.75, 3.05) is 24.7 Å². The summed E-state index contributed by atoms with van der Waals surface area (Å²) in [5.41, 5.74) is 7.35. The first-order valence-electron chi connectivity index (χ1n) is 11.3. The minimum absolute atomic E-state index is 0.218. The van der Waals surface area contributed by atoms with Crippen LogP contribution in [0.5, 0.6) is 0 Å². The molecule has 0 saturated carbocycles. The zero-order valence-corrected chi connectivity index (χ0v) is 19.3. The molecule has 1 saturated heterocycles. The van der Waals surface area contributed by atoms with E-state index in [-0.39, 0.29) is 6.04 Å². The molecule has 34 heavy (non-hydrogen) atoms. The summed E-state index contributed by atoms with van der Waals surface area (Å²) >= 11 is 0. The molecule has 1 atom stereocenters. The number of anilines is 1. The van der Waals surface area contributed by atoms with E-state index >= 15 is 0 Å². The number of aromatic amines is 1. The van der Waals surface area contributed by atoms with E-state index in [2.05, 4.69) is 40.0 Å². The third kappa shape index (κ3) is 3.26. The molecule has 0 aliphatic carbocycles. The smallest absolute Gasteiger partial charge is 0.167 e. The second kappa shape index (κ2) is 8.07. The first-order chi connectivity index (χ1) is 16.6. The van der Waals surface area contributed by atoms with E-state index < -0.39 is 0 Å². The first-order valence-corrected chi connectivity index (χ1v) is 11.3. The summed E-state index contributed by atoms with van der Waals surface area (Å²) in [5, 5.41) is 16.7. The van der Waals surface area contributed by atoms with Crippen molar-refractivity contribution in [2.45, 2.75) is 26.8 Å². The van der Waals surface area contributed by atoms with Gasteiger partial charge in [-0.2, -0.15) is 15.3 Å². The lowest BCUT2D eigenvalue weighted by molar-refractivity contribution is 0.0985. The van der Waals surface area contributed by atoms with Crippen molar-refractivity contribution in [1.82, 2.24) is 39.6 Å². The summed E-state index contributed by atoms with van der Waals surface area (Å²) in [6, 6.07) is 8.18. The third-order valence-corrected chi connectivity index (χ3v) is 6.35. The van der Waals surface area contributed by atoms with E-state index in [1.54, 1.807) is 12.4 Å². The molecule has 1 fully saturated rings. The quantitative estimate of drug-likeness (QED) is 0.444. The highest BCUT2D eigenvalue weighted by Gasteiger charge is 2.25. The van der Waals surface area contributed by atoms with Crippen LogP contribution < -0.4 is 4.90 Å². The Kier molecular flexibility index (Phi) is 4.88. The highest BCUT2D eigenvalue weighted by molar-refractivity contribution is 5.80. The number of nitrogens with one attached hydrogen (secondary N) is 1. The zero-order valence-electron chi connectivity index (χ0n) is 19.3. The van der Waals surface area contributed by atoms with Crippen molar-refractivity contribution in [1.29, 1.82) is 0 Å². The maximum absolute atomic E-state index is 5.67. The zero-order chi connectivity index (χ0) is 23.2. The van der Waals surface area contributed by atoms with E-state index in [1.807, 2.05) is 46.7 Å². The number of pyridine rings is 1. The topological polar surface area (TPSA) is 102 Å². The SMILES string of the molecule is Cc1nn(-c2cccnc2)c(C)c1-c1cc(N2CCOC[C@H]2C)nc2c(-c3ccn[nH]3)cnn12. The maximum Gasteiger partial charge on any atom is 0.167 e. The predicted octanol–water partition coefficient (Wildman–Crippen LogP) is 3.21. The van der Waals surface area contributed by atoms with Gasteiger partial charge in [0.25, 0.3) is 0 Å². The Morgan fingerprint density at radius 3 is 2.82 bits per heavy atom. The molecule has 0 amide bonds. The minimum atomic E-state index is 0.218. The van der Waals surface area contributed by atoms with Crippen LogP contribution in [0.15, 0.2) is 49.1 Å². The number of hydrogen-bond donors (Lipinski definition) is 1. The van der Waals surface area contributed by atoms with Crippen LogP contribution in [-0.2, 0) is 4.74 Å². The number of aryl methyl sites for hydroxylation is 1. The van der Waals surface area contributed by atoms with Gasteiger partial charge < -0.3 is 9.64 Å². The summed E-state index contributed by atoms with van der Waals surface area (Å²) in [5.74, 6) is 0.896. The van der Waals surface area contributed by atoms with Gasteiger partial charge in [0.1, 0.15) is 5.82 Å². The Labute approximate surface area is 196 Å². The van der Waals surface area contributed by atoms with Gasteiger partial charge in [0.2, 0.25) is 0 Å². The van der Waals surface area contributed by atoms with Crippen LogP contribution in [0.3, 0.4) is 0 Å². The Morgan fingerprint density at radius 1 is 1.15 bits per heavy atom. The van der Waals surface area contributed by atoms with E-state index in [9.17, 15) is 0 Å². The summed E-state index contributed by atoms with van der Waals surface area (Å²) in [6.45, 7) is 8.39. The monoisotopic (exact) mass is 455 g/mol. The molecular weight excluding hydrogens is 430 g/mol. The van der Waals surface area contributed by atoms with Crippen molar-refractivity contribution in [3.05, 3.63) is 60.4 Å². The second-order valence-electron chi connectivity index (χ2n) is 8.55. The Bertz CT molecular complexity index is 1450. The number of nitrogens with zero attached hydrogens (tertiary/aromatic N) is 8. The molecular formula is C24H25N9O. The van der Waals surface area contributed by atoms with E-state index in [0.29, 0.717) is 13.2 Å². The van der Waals surface area contributed by atoms with E-state index in [0.717, 1.165) is 57.6 Å². The molecule has 10 heteroatoms. The largest absolute Gasteiger partial charge is 0.377 e. The number of hydrogen-bond acceptors (Lipinski definition) is 7. The highest BCUT2D eigenvalue weighted by atomic mass is 16.5. The Hall–Kier alpha value is -4.05. The van der Waals surface area contributed by atoms with Crippen molar-refractivity contribution in [2.24, 2.45) is 0 Å². The van der Waals surface area contributed by atoms with Crippen LogP contribution in [-0.4, -0.2) is 65.4 Å². The summed E-state index contributed by atoms with van der Waals surface area (Å²) < 4.78 is 9.50. The molecule has 1 aliphatic heterocycles. The molecule has 0 aromatic carbocycles. The lowest BCUT2D eigenvalue weighted by Gasteiger charge is -2.34. The molecule has 5 aromatic heterocycles. The average molecular weight is 456 g/mol. The number of ether oxygens (including phenoxy) is 1. The van der Waals surface area contributed by atoms with Gasteiger partial charge >= 0.3 is 0 Å². The van der Waals surface area contributed by atoms with Crippen LogP contribution in [0.4, 0.5) is 5.82 Å². The summed E-state index contributed by atoms with van der Waals surface area (Å²) in [6.07, 6.45) is 7.15.